The number of carbonyl (C=O) groups excluding carboxylic acids is 1. The van der Waals surface area contributed by atoms with E-state index in [0.717, 1.165) is 17.3 Å². The number of hydrogen-bond acceptors (Lipinski definition) is 1. The van der Waals surface area contributed by atoms with Crippen LogP contribution in [0, 0.1) is 0 Å². The van der Waals surface area contributed by atoms with E-state index in [1.54, 1.807) is 10.8 Å². The van der Waals surface area contributed by atoms with Crippen molar-refractivity contribution >= 4 is 17.3 Å². The van der Waals surface area contributed by atoms with E-state index in [9.17, 15) is 4.79 Å². The molecule has 0 fully saturated rings. The highest BCUT2D eigenvalue weighted by atomic mass is 16.1. The maximum atomic E-state index is 10.6. The van der Waals surface area contributed by atoms with Crippen LogP contribution in [0.25, 0.3) is 10.9 Å². The zero-order valence-electron chi connectivity index (χ0n) is 6.47. The minimum Gasteiger partial charge on any atom is -0.222 e. The first-order valence-electron chi connectivity index (χ1n) is 3.76. The fraction of sp³-hybridized carbons (Fsp3) is 0. The van der Waals surface area contributed by atoms with Crippen molar-refractivity contribution in [1.82, 2.24) is 0 Å². The van der Waals surface area contributed by atoms with Crippen LogP contribution >= 0.6 is 0 Å². The van der Waals surface area contributed by atoms with Gasteiger partial charge in [-0.2, -0.15) is 0 Å². The summed E-state index contributed by atoms with van der Waals surface area (Å²) in [6.07, 6.45) is 2.55. The number of nitrogens with zero attached hydrogens (tertiary/aromatic N) is 1. The van der Waals surface area contributed by atoms with Crippen molar-refractivity contribution in [2.24, 2.45) is 0 Å². The van der Waals surface area contributed by atoms with Crippen molar-refractivity contribution in [3.8, 4) is 0 Å². The summed E-state index contributed by atoms with van der Waals surface area (Å²) in [5, 5.41) is 1.08. The first-order chi connectivity index (χ1) is 5.92. The molecule has 0 atom stereocenters. The van der Waals surface area contributed by atoms with Gasteiger partial charge in [0.25, 0.3) is 0 Å². The Bertz CT molecular complexity index is 418. The van der Waals surface area contributed by atoms with E-state index in [2.05, 4.69) is 0 Å². The first kappa shape index (κ1) is 6.98. The largest absolute Gasteiger partial charge is 0.380 e. The molecule has 1 aromatic carbocycles. The van der Waals surface area contributed by atoms with Crippen molar-refractivity contribution in [3.05, 3.63) is 42.6 Å². The van der Waals surface area contributed by atoms with E-state index < -0.39 is 0 Å². The molecule has 0 aliphatic heterocycles. The quantitative estimate of drug-likeness (QED) is 0.450. The number of pyridine rings is 1. The summed E-state index contributed by atoms with van der Waals surface area (Å²) in [6, 6.07) is 11.6. The van der Waals surface area contributed by atoms with Crippen LogP contribution in [-0.4, -0.2) is 6.41 Å². The zero-order valence-corrected chi connectivity index (χ0v) is 6.47. The van der Waals surface area contributed by atoms with Crippen molar-refractivity contribution in [2.75, 3.05) is 0 Å². The zero-order chi connectivity index (χ0) is 8.39. The third-order valence-corrected chi connectivity index (χ3v) is 1.85. The standard InChI is InChI=1S/C10H8NO/c12-8-11-7-3-5-9-4-1-2-6-10(9)11/h1-8H/q+1. The van der Waals surface area contributed by atoms with Crippen LogP contribution in [0.3, 0.4) is 0 Å². The highest BCUT2D eigenvalue weighted by molar-refractivity contribution is 5.76. The van der Waals surface area contributed by atoms with Crippen LogP contribution in [0.5, 0.6) is 0 Å². The predicted octanol–water partition coefficient (Wildman–Crippen LogP) is 1.17. The fourth-order valence-corrected chi connectivity index (χ4v) is 1.28. The topological polar surface area (TPSA) is 20.9 Å². The molecule has 58 valence electrons. The van der Waals surface area contributed by atoms with Crippen molar-refractivity contribution < 1.29 is 9.36 Å². The second kappa shape index (κ2) is 2.74. The summed E-state index contributed by atoms with van der Waals surface area (Å²) in [6.45, 7) is 0. The Morgan fingerprint density at radius 3 is 2.67 bits per heavy atom. The molecule has 1 heterocycles. The van der Waals surface area contributed by atoms with Gasteiger partial charge in [0.05, 0.1) is 0 Å². The van der Waals surface area contributed by atoms with Gasteiger partial charge in [0, 0.05) is 17.5 Å². The first-order valence-corrected chi connectivity index (χ1v) is 3.76. The minimum atomic E-state index is 0.808. The summed E-state index contributed by atoms with van der Waals surface area (Å²) in [5.74, 6) is 0. The maximum absolute atomic E-state index is 10.6. The highest BCUT2D eigenvalue weighted by Crippen LogP contribution is 2.06. The lowest BCUT2D eigenvalue weighted by Crippen LogP contribution is -2.32. The Kier molecular flexibility index (Phi) is 1.59. The third-order valence-electron chi connectivity index (χ3n) is 1.85. The summed E-state index contributed by atoms with van der Waals surface area (Å²) in [7, 11) is 0. The molecular formula is C10H8NO+. The lowest BCUT2D eigenvalue weighted by molar-refractivity contribution is -0.523. The maximum Gasteiger partial charge on any atom is 0.380 e. The molecule has 2 rings (SSSR count). The van der Waals surface area contributed by atoms with E-state index in [0.29, 0.717) is 0 Å². The van der Waals surface area contributed by atoms with Gasteiger partial charge in [-0.25, -0.2) is 4.79 Å². The van der Waals surface area contributed by atoms with Gasteiger partial charge in [-0.15, -0.1) is 4.57 Å². The second-order valence-electron chi connectivity index (χ2n) is 2.58. The Balaban J connectivity index is 2.88. The van der Waals surface area contributed by atoms with Gasteiger partial charge in [-0.3, -0.25) is 0 Å². The number of carbonyl (C=O) groups is 1. The molecule has 2 heteroatoms. The van der Waals surface area contributed by atoms with E-state index >= 15 is 0 Å². The van der Waals surface area contributed by atoms with Crippen LogP contribution in [-0.2, 0) is 4.79 Å². The average molecular weight is 158 g/mol. The molecule has 0 bridgehead atoms. The Hall–Kier alpha value is -1.70. The van der Waals surface area contributed by atoms with Gasteiger partial charge in [0.2, 0.25) is 5.52 Å². The second-order valence-corrected chi connectivity index (χ2v) is 2.58. The highest BCUT2D eigenvalue weighted by Gasteiger charge is 2.03. The van der Waals surface area contributed by atoms with Crippen LogP contribution in [0.1, 0.15) is 0 Å². The van der Waals surface area contributed by atoms with Gasteiger partial charge in [-0.05, 0) is 12.1 Å². The molecule has 0 saturated heterocycles. The molecule has 0 spiro atoms. The van der Waals surface area contributed by atoms with Gasteiger partial charge >= 0.3 is 6.41 Å². The number of hydrogen-bond donors (Lipinski definition) is 0. The Labute approximate surface area is 70.1 Å². The molecule has 2 aromatic rings. The number of rotatable bonds is 1. The number of benzene rings is 1. The van der Waals surface area contributed by atoms with Gasteiger partial charge in [0.1, 0.15) is 0 Å². The SMILES string of the molecule is O=C[n+]1cccc2ccccc21. The molecule has 0 amide bonds. The number of fused-ring (bicyclic) bond motifs is 1. The minimum absolute atomic E-state index is 0.808. The smallest absolute Gasteiger partial charge is 0.222 e. The summed E-state index contributed by atoms with van der Waals surface area (Å²) in [4.78, 5) is 10.6. The van der Waals surface area contributed by atoms with E-state index in [-0.39, 0.29) is 0 Å². The molecule has 0 radical (unpaired) electrons. The lowest BCUT2D eigenvalue weighted by Gasteiger charge is -1.91. The molecule has 2 nitrogen and oxygen atoms in total. The Morgan fingerprint density at radius 1 is 1.08 bits per heavy atom. The monoisotopic (exact) mass is 158 g/mol. The average Bonchev–Trinajstić information content (AvgIpc) is 2.17. The summed E-state index contributed by atoms with van der Waals surface area (Å²) >= 11 is 0. The van der Waals surface area contributed by atoms with Gasteiger partial charge in [0.15, 0.2) is 6.20 Å². The predicted molar refractivity (Wildman–Crippen MR) is 46.3 cm³/mol. The molecule has 0 N–H and O–H groups in total. The van der Waals surface area contributed by atoms with Crippen LogP contribution < -0.4 is 4.57 Å². The molecule has 0 aliphatic rings. The molecule has 12 heavy (non-hydrogen) atoms. The van der Waals surface area contributed by atoms with Crippen molar-refractivity contribution in [3.63, 3.8) is 0 Å². The van der Waals surface area contributed by atoms with Crippen molar-refractivity contribution in [2.45, 2.75) is 0 Å². The molecular weight excluding hydrogens is 150 g/mol. The van der Waals surface area contributed by atoms with Crippen LogP contribution in [0.4, 0.5) is 0 Å². The summed E-state index contributed by atoms with van der Waals surface area (Å²) in [5.41, 5.74) is 0.940. The molecule has 0 unspecified atom stereocenters. The van der Waals surface area contributed by atoms with E-state index in [1.165, 1.54) is 0 Å². The molecule has 0 aliphatic carbocycles. The van der Waals surface area contributed by atoms with E-state index in [4.69, 9.17) is 0 Å². The number of aromatic nitrogens is 1. The fourth-order valence-electron chi connectivity index (χ4n) is 1.28. The van der Waals surface area contributed by atoms with Crippen LogP contribution in [0.2, 0.25) is 0 Å². The van der Waals surface area contributed by atoms with Gasteiger partial charge < -0.3 is 0 Å². The number of para-hydroxylation sites is 1. The lowest BCUT2D eigenvalue weighted by atomic mass is 10.2. The Morgan fingerprint density at radius 2 is 1.83 bits per heavy atom. The van der Waals surface area contributed by atoms with Crippen LogP contribution in [0.15, 0.2) is 42.6 Å². The third kappa shape index (κ3) is 0.975. The molecule has 0 saturated carbocycles. The molecule has 1 aromatic heterocycles. The van der Waals surface area contributed by atoms with E-state index in [1.807, 2.05) is 36.4 Å². The van der Waals surface area contributed by atoms with Crippen molar-refractivity contribution in [1.29, 1.82) is 0 Å². The normalized spacial score (nSPS) is 10.0. The summed E-state index contributed by atoms with van der Waals surface area (Å²) < 4.78 is 1.56. The van der Waals surface area contributed by atoms with Gasteiger partial charge in [-0.1, -0.05) is 12.1 Å².